The van der Waals surface area contributed by atoms with E-state index in [9.17, 15) is 19.1 Å². The molecule has 1 aliphatic heterocycles. The van der Waals surface area contributed by atoms with Crippen molar-refractivity contribution in [2.24, 2.45) is 5.92 Å². The molecule has 2 heterocycles. The van der Waals surface area contributed by atoms with Crippen LogP contribution in [0.25, 0.3) is 10.9 Å². The molecule has 28 heavy (non-hydrogen) atoms. The first-order valence-electron chi connectivity index (χ1n) is 9.20. The van der Waals surface area contributed by atoms with Crippen molar-refractivity contribution in [3.05, 3.63) is 59.5 Å². The van der Waals surface area contributed by atoms with Gasteiger partial charge in [-0.3, -0.25) is 9.59 Å². The van der Waals surface area contributed by atoms with Crippen LogP contribution in [0.1, 0.15) is 42.2 Å². The molecule has 1 aromatic heterocycles. The zero-order valence-electron chi connectivity index (χ0n) is 15.6. The number of carboxylic acid groups (broad SMARTS) is 1. The molecule has 0 bridgehead atoms. The molecular weight excluding hydrogens is 377 g/mol. The Morgan fingerprint density at radius 1 is 1.25 bits per heavy atom. The van der Waals surface area contributed by atoms with Gasteiger partial charge in [0.2, 0.25) is 0 Å². The van der Waals surface area contributed by atoms with Crippen LogP contribution in [0.3, 0.4) is 0 Å². The Bertz CT molecular complexity index is 1090. The first kappa shape index (κ1) is 18.7. The molecule has 4 nitrogen and oxygen atoms in total. The Kier molecular flexibility index (Phi) is 4.75. The smallest absolute Gasteiger partial charge is 0.306 e. The van der Waals surface area contributed by atoms with Gasteiger partial charge in [-0.1, -0.05) is 36.9 Å². The number of benzene rings is 2. The van der Waals surface area contributed by atoms with E-state index in [-0.39, 0.29) is 11.7 Å². The van der Waals surface area contributed by atoms with Crippen LogP contribution in [0.5, 0.6) is 0 Å². The van der Waals surface area contributed by atoms with Crippen LogP contribution < -0.4 is 0 Å². The van der Waals surface area contributed by atoms with Crippen molar-refractivity contribution in [2.75, 3.05) is 0 Å². The number of aliphatic carboxylic acids is 1. The number of aromatic nitrogens is 1. The first-order valence-corrected chi connectivity index (χ1v) is 10.0. The van der Waals surface area contributed by atoms with Crippen LogP contribution in [0.2, 0.25) is 0 Å². The van der Waals surface area contributed by atoms with E-state index in [2.05, 4.69) is 0 Å². The lowest BCUT2D eigenvalue weighted by Gasteiger charge is -2.17. The van der Waals surface area contributed by atoms with Crippen molar-refractivity contribution in [3.8, 4) is 0 Å². The fraction of sp³-hybridized carbons (Fsp3) is 0.273. The molecule has 0 fully saturated rings. The van der Waals surface area contributed by atoms with Crippen LogP contribution in [-0.4, -0.2) is 21.4 Å². The molecule has 2 atom stereocenters. The van der Waals surface area contributed by atoms with Crippen LogP contribution >= 0.6 is 11.8 Å². The second kappa shape index (κ2) is 7.09. The van der Waals surface area contributed by atoms with E-state index in [1.807, 2.05) is 34.9 Å². The number of carbonyl (C=O) groups excluding carboxylic acids is 1. The van der Waals surface area contributed by atoms with Gasteiger partial charge in [0.15, 0.2) is 5.78 Å². The van der Waals surface area contributed by atoms with Crippen molar-refractivity contribution < 1.29 is 19.1 Å². The number of rotatable bonds is 5. The lowest BCUT2D eigenvalue weighted by atomic mass is 9.90. The van der Waals surface area contributed by atoms with Crippen molar-refractivity contribution in [1.29, 1.82) is 0 Å². The maximum Gasteiger partial charge on any atom is 0.306 e. The van der Waals surface area contributed by atoms with Crippen LogP contribution in [-0.2, 0) is 11.3 Å². The summed E-state index contributed by atoms with van der Waals surface area (Å²) in [6.07, 6.45) is 0.688. The largest absolute Gasteiger partial charge is 0.481 e. The molecule has 0 spiro atoms. The van der Waals surface area contributed by atoms with Gasteiger partial charge in [-0.15, -0.1) is 0 Å². The zero-order valence-corrected chi connectivity index (χ0v) is 16.4. The maximum absolute atomic E-state index is 14.3. The summed E-state index contributed by atoms with van der Waals surface area (Å²) >= 11 is 1.51. The van der Waals surface area contributed by atoms with E-state index < -0.39 is 17.7 Å². The van der Waals surface area contributed by atoms with E-state index >= 15 is 0 Å². The monoisotopic (exact) mass is 397 g/mol. The summed E-state index contributed by atoms with van der Waals surface area (Å²) in [6, 6.07) is 12.5. The van der Waals surface area contributed by atoms with Gasteiger partial charge in [-0.05, 0) is 37.6 Å². The van der Waals surface area contributed by atoms with Gasteiger partial charge in [0, 0.05) is 38.9 Å². The average Bonchev–Trinajstić information content (AvgIpc) is 3.21. The number of Topliss-reactive ketones (excluding diaryl/α,β-unsaturated/α-hetero) is 1. The summed E-state index contributed by atoms with van der Waals surface area (Å²) in [5, 5.41) is 10.3. The summed E-state index contributed by atoms with van der Waals surface area (Å²) in [4.78, 5) is 25.8. The second-order valence-electron chi connectivity index (χ2n) is 7.21. The Labute approximate surface area is 166 Å². The second-order valence-corrected chi connectivity index (χ2v) is 8.29. The molecule has 0 saturated carbocycles. The summed E-state index contributed by atoms with van der Waals surface area (Å²) in [7, 11) is 0. The van der Waals surface area contributed by atoms with Gasteiger partial charge in [0.05, 0.1) is 11.4 Å². The lowest BCUT2D eigenvalue weighted by Crippen LogP contribution is -2.17. The van der Waals surface area contributed by atoms with Gasteiger partial charge < -0.3 is 9.67 Å². The van der Waals surface area contributed by atoms with E-state index in [1.54, 1.807) is 6.92 Å². The number of hydrogen-bond acceptors (Lipinski definition) is 3. The lowest BCUT2D eigenvalue weighted by molar-refractivity contribution is -0.141. The summed E-state index contributed by atoms with van der Waals surface area (Å²) < 4.78 is 16.3. The van der Waals surface area contributed by atoms with Gasteiger partial charge in [-0.2, -0.15) is 0 Å². The van der Waals surface area contributed by atoms with Crippen molar-refractivity contribution >= 4 is 34.4 Å². The number of carboxylic acids is 1. The van der Waals surface area contributed by atoms with E-state index in [4.69, 9.17) is 0 Å². The van der Waals surface area contributed by atoms with Gasteiger partial charge >= 0.3 is 5.97 Å². The van der Waals surface area contributed by atoms with Crippen LogP contribution in [0.4, 0.5) is 4.39 Å². The normalized spacial score (nSPS) is 16.9. The fourth-order valence-corrected chi connectivity index (χ4v) is 5.30. The molecule has 6 heteroatoms. The minimum atomic E-state index is -0.850. The molecule has 0 saturated heterocycles. The number of halogens is 1. The molecule has 2 unspecified atom stereocenters. The molecule has 4 rings (SSSR count). The number of aryl methyl sites for hydroxylation is 1. The van der Waals surface area contributed by atoms with Gasteiger partial charge in [-0.25, -0.2) is 4.39 Å². The first-order chi connectivity index (χ1) is 13.4. The van der Waals surface area contributed by atoms with Crippen molar-refractivity contribution in [1.82, 2.24) is 4.57 Å². The Balaban J connectivity index is 2.02. The SMILES string of the molecule is CC(=O)c1cc(F)cc2c1c(Sc1ccccc1)c1n2CCC1C(C)C(=O)O. The highest BCUT2D eigenvalue weighted by Crippen LogP contribution is 2.49. The third-order valence-corrected chi connectivity index (χ3v) is 6.60. The quantitative estimate of drug-likeness (QED) is 0.590. The van der Waals surface area contributed by atoms with Gasteiger partial charge in [0.25, 0.3) is 0 Å². The molecule has 0 radical (unpaired) electrons. The molecule has 2 aromatic carbocycles. The summed E-state index contributed by atoms with van der Waals surface area (Å²) in [5.74, 6) is -2.25. The number of hydrogen-bond donors (Lipinski definition) is 1. The maximum atomic E-state index is 14.3. The highest BCUT2D eigenvalue weighted by atomic mass is 32.2. The van der Waals surface area contributed by atoms with Crippen molar-refractivity contribution in [2.45, 2.75) is 42.5 Å². The molecule has 0 amide bonds. The third-order valence-electron chi connectivity index (χ3n) is 5.47. The minimum absolute atomic E-state index is 0.181. The summed E-state index contributed by atoms with van der Waals surface area (Å²) in [6.45, 7) is 3.76. The Hall–Kier alpha value is -2.60. The molecule has 144 valence electrons. The Morgan fingerprint density at radius 2 is 1.96 bits per heavy atom. The zero-order chi connectivity index (χ0) is 20.0. The predicted octanol–water partition coefficient (Wildman–Crippen LogP) is 5.34. The molecule has 1 aliphatic rings. The number of carbonyl (C=O) groups is 2. The fourth-order valence-electron chi connectivity index (χ4n) is 4.09. The topological polar surface area (TPSA) is 59.3 Å². The minimum Gasteiger partial charge on any atom is -0.481 e. The molecule has 1 N–H and O–H groups in total. The molecular formula is C22H20FNO3S. The predicted molar refractivity (Wildman–Crippen MR) is 107 cm³/mol. The van der Waals surface area contributed by atoms with Crippen LogP contribution in [0, 0.1) is 11.7 Å². The van der Waals surface area contributed by atoms with E-state index in [0.29, 0.717) is 24.0 Å². The van der Waals surface area contributed by atoms with E-state index in [0.717, 1.165) is 20.9 Å². The number of ketones is 1. The number of nitrogens with zero attached hydrogens (tertiary/aromatic N) is 1. The van der Waals surface area contributed by atoms with Crippen LogP contribution in [0.15, 0.2) is 52.3 Å². The highest BCUT2D eigenvalue weighted by molar-refractivity contribution is 7.99. The summed E-state index contributed by atoms with van der Waals surface area (Å²) in [5.41, 5.74) is 1.91. The third kappa shape index (κ3) is 3.02. The van der Waals surface area contributed by atoms with E-state index in [1.165, 1.54) is 30.8 Å². The van der Waals surface area contributed by atoms with Gasteiger partial charge in [0.1, 0.15) is 5.82 Å². The molecule has 0 aliphatic carbocycles. The number of fused-ring (bicyclic) bond motifs is 3. The average molecular weight is 397 g/mol. The highest BCUT2D eigenvalue weighted by Gasteiger charge is 2.37. The van der Waals surface area contributed by atoms with Crippen molar-refractivity contribution in [3.63, 3.8) is 0 Å². The Morgan fingerprint density at radius 3 is 2.61 bits per heavy atom. The molecule has 3 aromatic rings. The standard InChI is InChI=1S/C22H20FNO3S/c1-12(22(26)27)16-8-9-24-18-11-14(23)10-17(13(2)25)19(18)21(20(16)24)28-15-6-4-3-5-7-15/h3-7,10-12,16H,8-9H2,1-2H3,(H,26,27).